The van der Waals surface area contributed by atoms with E-state index >= 15 is 0 Å². The number of hydrogen-bond donors (Lipinski definition) is 1. The van der Waals surface area contributed by atoms with Crippen molar-refractivity contribution in [3.05, 3.63) is 23.9 Å². The molecule has 88 valence electrons. The van der Waals surface area contributed by atoms with Crippen LogP contribution in [0.25, 0.3) is 0 Å². The molecule has 2 aromatic heterocycles. The molecule has 17 heavy (non-hydrogen) atoms. The number of aromatic nitrogens is 5. The summed E-state index contributed by atoms with van der Waals surface area (Å²) in [5.74, 6) is 1.28. The van der Waals surface area contributed by atoms with Crippen LogP contribution >= 0.6 is 11.8 Å². The lowest BCUT2D eigenvalue weighted by molar-refractivity contribution is 0.565. The highest BCUT2D eigenvalue weighted by Gasteiger charge is 2.27. The second-order valence-corrected chi connectivity index (χ2v) is 4.92. The second-order valence-electron chi connectivity index (χ2n) is 3.98. The van der Waals surface area contributed by atoms with E-state index in [2.05, 4.69) is 20.5 Å². The fraction of sp³-hybridized carbons (Fsp3) is 0.400. The maximum atomic E-state index is 5.63. The van der Waals surface area contributed by atoms with Crippen molar-refractivity contribution < 1.29 is 0 Å². The molecule has 7 heteroatoms. The molecule has 2 aromatic rings. The minimum Gasteiger partial charge on any atom is -0.384 e. The van der Waals surface area contributed by atoms with Crippen LogP contribution in [0.3, 0.4) is 0 Å². The van der Waals surface area contributed by atoms with Crippen molar-refractivity contribution in [1.82, 2.24) is 25.2 Å². The van der Waals surface area contributed by atoms with Crippen molar-refractivity contribution in [1.29, 1.82) is 0 Å². The van der Waals surface area contributed by atoms with E-state index in [4.69, 9.17) is 5.73 Å². The quantitative estimate of drug-likeness (QED) is 0.821. The molecule has 0 saturated heterocycles. The Hall–Kier alpha value is -1.63. The summed E-state index contributed by atoms with van der Waals surface area (Å²) < 4.78 is 1.90. The molecule has 0 spiro atoms. The van der Waals surface area contributed by atoms with E-state index in [0.717, 1.165) is 16.6 Å². The first kappa shape index (κ1) is 10.5. The van der Waals surface area contributed by atoms with Crippen LogP contribution in [0.4, 0.5) is 5.82 Å². The number of nitrogens with two attached hydrogens (primary N) is 1. The molecule has 1 saturated carbocycles. The lowest BCUT2D eigenvalue weighted by Crippen LogP contribution is -1.99. The van der Waals surface area contributed by atoms with Gasteiger partial charge in [-0.25, -0.2) is 9.67 Å². The number of rotatable bonds is 4. The van der Waals surface area contributed by atoms with Crippen molar-refractivity contribution in [2.24, 2.45) is 0 Å². The number of nitrogen functional groups attached to an aromatic ring is 1. The Kier molecular flexibility index (Phi) is 2.68. The van der Waals surface area contributed by atoms with Gasteiger partial charge in [-0.1, -0.05) is 17.8 Å². The summed E-state index contributed by atoms with van der Waals surface area (Å²) in [4.78, 5) is 4.24. The molecule has 3 rings (SSSR count). The molecule has 0 aromatic carbocycles. The topological polar surface area (TPSA) is 82.5 Å². The lowest BCUT2D eigenvalue weighted by Gasteiger charge is -2.02. The summed E-state index contributed by atoms with van der Waals surface area (Å²) in [5, 5.41) is 12.6. The fourth-order valence-corrected chi connectivity index (χ4v) is 2.40. The zero-order valence-corrected chi connectivity index (χ0v) is 9.97. The molecule has 1 fully saturated rings. The summed E-state index contributed by atoms with van der Waals surface area (Å²) in [5.41, 5.74) is 6.57. The molecule has 1 aliphatic carbocycles. The highest BCUT2D eigenvalue weighted by molar-refractivity contribution is 7.98. The predicted molar refractivity (Wildman–Crippen MR) is 64.3 cm³/mol. The first-order chi connectivity index (χ1) is 8.33. The van der Waals surface area contributed by atoms with Gasteiger partial charge in [0.15, 0.2) is 0 Å². The first-order valence-electron chi connectivity index (χ1n) is 5.45. The molecule has 1 aliphatic rings. The molecular formula is C10H12N6S. The minimum atomic E-state index is 0.501. The van der Waals surface area contributed by atoms with Crippen LogP contribution in [-0.2, 0) is 5.75 Å². The maximum absolute atomic E-state index is 5.63. The zero-order valence-electron chi connectivity index (χ0n) is 9.15. The van der Waals surface area contributed by atoms with E-state index in [9.17, 15) is 0 Å². The third-order valence-electron chi connectivity index (χ3n) is 2.53. The molecule has 0 amide bonds. The molecule has 0 unspecified atom stereocenters. The van der Waals surface area contributed by atoms with Gasteiger partial charge < -0.3 is 5.73 Å². The molecule has 0 atom stereocenters. The van der Waals surface area contributed by atoms with Crippen molar-refractivity contribution in [3.8, 4) is 0 Å². The van der Waals surface area contributed by atoms with Gasteiger partial charge in [-0.2, -0.15) is 0 Å². The Balaban J connectivity index is 1.69. The second kappa shape index (κ2) is 4.33. The average Bonchev–Trinajstić information content (AvgIpc) is 3.06. The SMILES string of the molecule is Nc1cccc(CSc2nnnn2C2CC2)n1. The van der Waals surface area contributed by atoms with Gasteiger partial charge in [0, 0.05) is 5.75 Å². The number of tetrazole rings is 1. The van der Waals surface area contributed by atoms with Gasteiger partial charge in [-0.05, 0) is 35.4 Å². The third-order valence-corrected chi connectivity index (χ3v) is 3.50. The van der Waals surface area contributed by atoms with Crippen LogP contribution in [0.15, 0.2) is 23.4 Å². The molecule has 0 radical (unpaired) electrons. The summed E-state index contributed by atoms with van der Waals surface area (Å²) >= 11 is 1.59. The van der Waals surface area contributed by atoms with Crippen LogP contribution in [0.1, 0.15) is 24.6 Å². The number of thioether (sulfide) groups is 1. The van der Waals surface area contributed by atoms with Crippen LogP contribution < -0.4 is 5.73 Å². The van der Waals surface area contributed by atoms with Gasteiger partial charge >= 0.3 is 0 Å². The lowest BCUT2D eigenvalue weighted by atomic mass is 10.4. The number of hydrogen-bond acceptors (Lipinski definition) is 6. The van der Waals surface area contributed by atoms with Gasteiger partial charge in [0.2, 0.25) is 5.16 Å². The largest absolute Gasteiger partial charge is 0.384 e. The summed E-state index contributed by atoms with van der Waals surface area (Å²) in [6.45, 7) is 0. The maximum Gasteiger partial charge on any atom is 0.209 e. The van der Waals surface area contributed by atoms with Crippen LogP contribution in [-0.4, -0.2) is 25.2 Å². The van der Waals surface area contributed by atoms with E-state index in [0.29, 0.717) is 11.9 Å². The smallest absolute Gasteiger partial charge is 0.209 e. The van der Waals surface area contributed by atoms with Gasteiger partial charge in [0.1, 0.15) is 5.82 Å². The Morgan fingerprint density at radius 1 is 1.41 bits per heavy atom. The summed E-state index contributed by atoms with van der Waals surface area (Å²) in [7, 11) is 0. The molecule has 0 bridgehead atoms. The molecular weight excluding hydrogens is 236 g/mol. The fourth-order valence-electron chi connectivity index (χ4n) is 1.55. The minimum absolute atomic E-state index is 0.501. The van der Waals surface area contributed by atoms with E-state index in [-0.39, 0.29) is 0 Å². The Bertz CT molecular complexity index is 521. The summed E-state index contributed by atoms with van der Waals surface area (Å²) in [6.07, 6.45) is 2.35. The average molecular weight is 248 g/mol. The third kappa shape index (κ3) is 2.38. The zero-order chi connectivity index (χ0) is 11.7. The van der Waals surface area contributed by atoms with Crippen molar-refractivity contribution in [3.63, 3.8) is 0 Å². The van der Waals surface area contributed by atoms with E-state index in [1.807, 2.05) is 16.8 Å². The normalized spacial score (nSPS) is 15.1. The van der Waals surface area contributed by atoms with Crippen molar-refractivity contribution in [2.75, 3.05) is 5.73 Å². The van der Waals surface area contributed by atoms with Crippen LogP contribution in [0.2, 0.25) is 0 Å². The molecule has 2 heterocycles. The van der Waals surface area contributed by atoms with Crippen molar-refractivity contribution >= 4 is 17.6 Å². The van der Waals surface area contributed by atoms with Gasteiger partial charge in [0.25, 0.3) is 0 Å². The van der Waals surface area contributed by atoms with Crippen molar-refractivity contribution in [2.45, 2.75) is 29.8 Å². The van der Waals surface area contributed by atoms with Gasteiger partial charge in [-0.3, -0.25) is 0 Å². The van der Waals surface area contributed by atoms with Crippen LogP contribution in [0, 0.1) is 0 Å². The standard InChI is InChI=1S/C10H12N6S/c11-9-3-1-2-7(12-9)6-17-10-13-14-15-16(10)8-4-5-8/h1-3,8H,4-6H2,(H2,11,12). The Morgan fingerprint density at radius 2 is 2.29 bits per heavy atom. The Labute approximate surface area is 103 Å². The highest BCUT2D eigenvalue weighted by atomic mass is 32.2. The van der Waals surface area contributed by atoms with Crippen LogP contribution in [0.5, 0.6) is 0 Å². The number of pyridine rings is 1. The van der Waals surface area contributed by atoms with Gasteiger partial charge in [0.05, 0.1) is 11.7 Å². The van der Waals surface area contributed by atoms with E-state index < -0.39 is 0 Å². The monoisotopic (exact) mass is 248 g/mol. The molecule has 0 aliphatic heterocycles. The highest BCUT2D eigenvalue weighted by Crippen LogP contribution is 2.36. The Morgan fingerprint density at radius 3 is 3.06 bits per heavy atom. The number of anilines is 1. The van der Waals surface area contributed by atoms with E-state index in [1.165, 1.54) is 12.8 Å². The van der Waals surface area contributed by atoms with E-state index in [1.54, 1.807) is 17.8 Å². The predicted octanol–water partition coefficient (Wildman–Crippen LogP) is 1.28. The summed E-state index contributed by atoms with van der Waals surface area (Å²) in [6, 6.07) is 6.14. The number of nitrogens with zero attached hydrogens (tertiary/aromatic N) is 5. The molecule has 6 nitrogen and oxygen atoms in total. The van der Waals surface area contributed by atoms with Gasteiger partial charge in [-0.15, -0.1) is 5.10 Å². The molecule has 2 N–H and O–H groups in total. The first-order valence-corrected chi connectivity index (χ1v) is 6.43.